The van der Waals surface area contributed by atoms with Crippen LogP contribution in [0.1, 0.15) is 45.4 Å². The molecule has 7 nitrogen and oxygen atoms in total. The van der Waals surface area contributed by atoms with Crippen LogP contribution in [0, 0.1) is 0 Å². The summed E-state index contributed by atoms with van der Waals surface area (Å²) < 4.78 is 5.38. The maximum Gasteiger partial charge on any atom is 0.410 e. The summed E-state index contributed by atoms with van der Waals surface area (Å²) >= 11 is 0. The molecule has 0 aromatic carbocycles. The van der Waals surface area contributed by atoms with Crippen molar-refractivity contribution in [3.8, 4) is 0 Å². The third-order valence-electron chi connectivity index (χ3n) is 3.16. The van der Waals surface area contributed by atoms with E-state index in [1.807, 2.05) is 20.8 Å². The molecule has 2 N–H and O–H groups in total. The molecule has 0 radical (unpaired) electrons. The number of nitrogens with zero attached hydrogens (tertiary/aromatic N) is 2. The first-order chi connectivity index (χ1) is 9.80. The van der Waals surface area contributed by atoms with Crippen LogP contribution in [0.15, 0.2) is 0 Å². The van der Waals surface area contributed by atoms with Gasteiger partial charge in [-0.25, -0.2) is 4.79 Å². The van der Waals surface area contributed by atoms with Crippen molar-refractivity contribution in [2.75, 3.05) is 11.9 Å². The van der Waals surface area contributed by atoms with E-state index in [1.54, 1.807) is 11.8 Å². The van der Waals surface area contributed by atoms with Crippen molar-refractivity contribution in [2.45, 2.75) is 52.7 Å². The number of aromatic amines is 1. The van der Waals surface area contributed by atoms with Gasteiger partial charge in [0.15, 0.2) is 5.82 Å². The summed E-state index contributed by atoms with van der Waals surface area (Å²) in [5.41, 5.74) is 1.29. The number of hydrogen-bond acceptors (Lipinski definition) is 4. The second kappa shape index (κ2) is 5.75. The number of ether oxygens (including phenoxy) is 1. The molecule has 0 aliphatic carbocycles. The van der Waals surface area contributed by atoms with Crippen LogP contribution in [0.5, 0.6) is 0 Å². The van der Waals surface area contributed by atoms with E-state index in [1.165, 1.54) is 0 Å². The Morgan fingerprint density at radius 2 is 2.14 bits per heavy atom. The molecule has 0 spiro atoms. The van der Waals surface area contributed by atoms with Crippen molar-refractivity contribution in [3.63, 3.8) is 0 Å². The standard InChI is InChI=1S/C14H22N4O3/c1-5-11(19)15-12-9-8-18(7-6-10(9)16-17-12)13(20)21-14(2,3)4/h5-8H2,1-4H3,(H2,15,16,17,19). The van der Waals surface area contributed by atoms with Crippen molar-refractivity contribution in [2.24, 2.45) is 0 Å². The highest BCUT2D eigenvalue weighted by Gasteiger charge is 2.28. The number of H-pyrrole nitrogens is 1. The molecule has 7 heteroatoms. The number of amides is 2. The number of nitrogens with one attached hydrogen (secondary N) is 2. The number of rotatable bonds is 2. The van der Waals surface area contributed by atoms with Crippen molar-refractivity contribution in [1.82, 2.24) is 15.1 Å². The largest absolute Gasteiger partial charge is 0.444 e. The molecule has 0 fully saturated rings. The predicted molar refractivity (Wildman–Crippen MR) is 77.9 cm³/mol. The smallest absolute Gasteiger partial charge is 0.410 e. The average Bonchev–Trinajstić information content (AvgIpc) is 2.79. The Morgan fingerprint density at radius 3 is 2.76 bits per heavy atom. The lowest BCUT2D eigenvalue weighted by Crippen LogP contribution is -2.40. The number of hydrogen-bond donors (Lipinski definition) is 2. The minimum Gasteiger partial charge on any atom is -0.444 e. The summed E-state index contributed by atoms with van der Waals surface area (Å²) in [5, 5.41) is 9.79. The van der Waals surface area contributed by atoms with Crippen molar-refractivity contribution < 1.29 is 14.3 Å². The fourth-order valence-electron chi connectivity index (χ4n) is 2.10. The van der Waals surface area contributed by atoms with E-state index in [-0.39, 0.29) is 12.0 Å². The van der Waals surface area contributed by atoms with E-state index >= 15 is 0 Å². The van der Waals surface area contributed by atoms with E-state index in [0.717, 1.165) is 11.3 Å². The molecule has 116 valence electrons. The molecule has 0 saturated carbocycles. The lowest BCUT2D eigenvalue weighted by molar-refractivity contribution is -0.115. The second-order valence-corrected chi connectivity index (χ2v) is 6.08. The van der Waals surface area contributed by atoms with Crippen LogP contribution < -0.4 is 5.32 Å². The summed E-state index contributed by atoms with van der Waals surface area (Å²) in [7, 11) is 0. The van der Waals surface area contributed by atoms with Crippen molar-refractivity contribution in [1.29, 1.82) is 0 Å². The lowest BCUT2D eigenvalue weighted by Gasteiger charge is -2.30. The van der Waals surface area contributed by atoms with Crippen LogP contribution in [0.2, 0.25) is 0 Å². The van der Waals surface area contributed by atoms with E-state index in [4.69, 9.17) is 4.74 Å². The summed E-state index contributed by atoms with van der Waals surface area (Å²) in [5.74, 6) is 0.406. The summed E-state index contributed by atoms with van der Waals surface area (Å²) in [6.07, 6.45) is 0.711. The van der Waals surface area contributed by atoms with Gasteiger partial charge in [-0.05, 0) is 20.8 Å². The molecule has 0 saturated heterocycles. The molecule has 2 amide bonds. The zero-order valence-corrected chi connectivity index (χ0v) is 12.9. The highest BCUT2D eigenvalue weighted by atomic mass is 16.6. The molecule has 0 bridgehead atoms. The summed E-state index contributed by atoms with van der Waals surface area (Å²) in [6, 6.07) is 0. The van der Waals surface area contributed by atoms with Gasteiger partial charge in [0.1, 0.15) is 5.60 Å². The number of carbonyl (C=O) groups excluding carboxylic acids is 2. The van der Waals surface area contributed by atoms with Gasteiger partial charge >= 0.3 is 6.09 Å². The Balaban J connectivity index is 2.10. The van der Waals surface area contributed by atoms with Crippen LogP contribution in [-0.2, 0) is 22.5 Å². The van der Waals surface area contributed by atoms with Crippen LogP contribution in [0.25, 0.3) is 0 Å². The molecule has 1 aromatic rings. The molecular weight excluding hydrogens is 272 g/mol. The maximum atomic E-state index is 12.1. The third-order valence-corrected chi connectivity index (χ3v) is 3.16. The quantitative estimate of drug-likeness (QED) is 0.874. The van der Waals surface area contributed by atoms with Crippen LogP contribution >= 0.6 is 0 Å². The number of fused-ring (bicyclic) bond motifs is 1. The third kappa shape index (κ3) is 3.74. The van der Waals surface area contributed by atoms with E-state index in [2.05, 4.69) is 15.5 Å². The first-order valence-electron chi connectivity index (χ1n) is 7.14. The Bertz CT molecular complexity index is 545. The summed E-state index contributed by atoms with van der Waals surface area (Å²) in [4.78, 5) is 25.2. The molecular formula is C14H22N4O3. The van der Waals surface area contributed by atoms with E-state index in [9.17, 15) is 9.59 Å². The Hall–Kier alpha value is -2.05. The normalized spacial score (nSPS) is 14.6. The Morgan fingerprint density at radius 1 is 1.43 bits per heavy atom. The fourth-order valence-corrected chi connectivity index (χ4v) is 2.10. The van der Waals surface area contributed by atoms with Gasteiger partial charge in [0.05, 0.1) is 6.54 Å². The van der Waals surface area contributed by atoms with E-state index < -0.39 is 5.60 Å². The first-order valence-corrected chi connectivity index (χ1v) is 7.14. The van der Waals surface area contributed by atoms with Gasteiger partial charge in [0, 0.05) is 30.6 Å². The van der Waals surface area contributed by atoms with Gasteiger partial charge < -0.3 is 15.0 Å². The minimum atomic E-state index is -0.521. The SMILES string of the molecule is CCC(=O)Nc1n[nH]c2c1CN(C(=O)OC(C)(C)C)CC2. The molecule has 1 aromatic heterocycles. The van der Waals surface area contributed by atoms with Crippen molar-refractivity contribution >= 4 is 17.8 Å². The molecule has 21 heavy (non-hydrogen) atoms. The average molecular weight is 294 g/mol. The highest BCUT2D eigenvalue weighted by Crippen LogP contribution is 2.25. The topological polar surface area (TPSA) is 87.3 Å². The number of anilines is 1. The van der Waals surface area contributed by atoms with Gasteiger partial charge in [-0.2, -0.15) is 5.10 Å². The van der Waals surface area contributed by atoms with Gasteiger partial charge in [-0.15, -0.1) is 0 Å². The zero-order valence-electron chi connectivity index (χ0n) is 12.9. The van der Waals surface area contributed by atoms with Crippen molar-refractivity contribution in [3.05, 3.63) is 11.3 Å². The second-order valence-electron chi connectivity index (χ2n) is 6.08. The fraction of sp³-hybridized carbons (Fsp3) is 0.643. The van der Waals surface area contributed by atoms with Gasteiger partial charge in [-0.1, -0.05) is 6.92 Å². The molecule has 1 aliphatic heterocycles. The number of aromatic nitrogens is 2. The molecule has 0 unspecified atom stereocenters. The zero-order chi connectivity index (χ0) is 15.6. The lowest BCUT2D eigenvalue weighted by atomic mass is 10.1. The van der Waals surface area contributed by atoms with Gasteiger partial charge in [0.2, 0.25) is 5.91 Å². The monoisotopic (exact) mass is 294 g/mol. The molecule has 2 rings (SSSR count). The van der Waals surface area contributed by atoms with E-state index in [0.29, 0.717) is 31.7 Å². The number of carbonyl (C=O) groups is 2. The van der Waals surface area contributed by atoms with Crippen LogP contribution in [-0.4, -0.2) is 39.2 Å². The Kier molecular flexibility index (Phi) is 4.20. The highest BCUT2D eigenvalue weighted by molar-refractivity contribution is 5.90. The predicted octanol–water partition coefficient (Wildman–Crippen LogP) is 2.05. The minimum absolute atomic E-state index is 0.0984. The molecule has 1 aliphatic rings. The van der Waals surface area contributed by atoms with Crippen LogP contribution in [0.4, 0.5) is 10.6 Å². The Labute approximate surface area is 124 Å². The summed E-state index contributed by atoms with van der Waals surface area (Å²) in [6.45, 7) is 8.26. The molecule has 2 heterocycles. The maximum absolute atomic E-state index is 12.1. The molecule has 0 atom stereocenters. The van der Waals surface area contributed by atoms with Crippen LogP contribution in [0.3, 0.4) is 0 Å². The van der Waals surface area contributed by atoms with Gasteiger partial charge in [-0.3, -0.25) is 9.89 Å². The van der Waals surface area contributed by atoms with Gasteiger partial charge in [0.25, 0.3) is 0 Å². The first kappa shape index (κ1) is 15.3.